The molecule has 2 heterocycles. The normalized spacial score (nSPS) is 11.3. The van der Waals surface area contributed by atoms with Gasteiger partial charge in [0.2, 0.25) is 0 Å². The fourth-order valence-corrected chi connectivity index (χ4v) is 4.01. The van der Waals surface area contributed by atoms with E-state index in [-0.39, 0.29) is 11.4 Å². The number of rotatable bonds is 6. The molecule has 5 aromatic rings. The van der Waals surface area contributed by atoms with Crippen molar-refractivity contribution in [2.45, 2.75) is 26.3 Å². The number of para-hydroxylation sites is 1. The Morgan fingerprint density at radius 2 is 1.68 bits per heavy atom. The lowest BCUT2D eigenvalue weighted by Crippen LogP contribution is -2.16. The molecule has 0 aliphatic carbocycles. The lowest BCUT2D eigenvalue weighted by Gasteiger charge is -2.09. The maximum absolute atomic E-state index is 13.6. The van der Waals surface area contributed by atoms with Gasteiger partial charge in [0.1, 0.15) is 17.2 Å². The highest BCUT2D eigenvalue weighted by Gasteiger charge is 2.17. The fourth-order valence-electron chi connectivity index (χ4n) is 4.01. The van der Waals surface area contributed by atoms with Crippen LogP contribution in [0.5, 0.6) is 0 Å². The summed E-state index contributed by atoms with van der Waals surface area (Å²) in [5, 5.41) is 8.92. The van der Waals surface area contributed by atoms with Crippen LogP contribution < -0.4 is 10.9 Å². The van der Waals surface area contributed by atoms with Crippen molar-refractivity contribution in [3.05, 3.63) is 112 Å². The van der Waals surface area contributed by atoms with Crippen molar-refractivity contribution < 1.29 is 4.39 Å². The van der Waals surface area contributed by atoms with Gasteiger partial charge < -0.3 is 10.3 Å². The molecule has 5 rings (SSSR count). The highest BCUT2D eigenvalue weighted by Crippen LogP contribution is 2.29. The summed E-state index contributed by atoms with van der Waals surface area (Å²) in [6, 6.07) is 26.0. The summed E-state index contributed by atoms with van der Waals surface area (Å²) in [6.07, 6.45) is 0. The number of pyridine rings is 1. The lowest BCUT2D eigenvalue weighted by atomic mass is 10.0. The van der Waals surface area contributed by atoms with Crippen molar-refractivity contribution in [3.63, 3.8) is 0 Å². The van der Waals surface area contributed by atoms with Gasteiger partial charge in [0.15, 0.2) is 0 Å². The number of halogens is 1. The number of aromatic amines is 1. The Bertz CT molecular complexity index is 1480. The zero-order valence-electron chi connectivity index (χ0n) is 19.0. The molecule has 0 fully saturated rings. The van der Waals surface area contributed by atoms with Gasteiger partial charge in [-0.3, -0.25) is 4.79 Å². The quantitative estimate of drug-likeness (QED) is 0.320. The first-order valence-electron chi connectivity index (χ1n) is 11.3. The van der Waals surface area contributed by atoms with Gasteiger partial charge >= 0.3 is 0 Å². The fraction of sp³-hybridized carbons (Fsp3) is 0.143. The van der Waals surface area contributed by atoms with E-state index in [1.54, 1.807) is 16.8 Å². The summed E-state index contributed by atoms with van der Waals surface area (Å²) in [6.45, 7) is 4.68. The second kappa shape index (κ2) is 8.98. The van der Waals surface area contributed by atoms with Crippen LogP contribution in [0.15, 0.2) is 89.7 Å². The Hall–Kier alpha value is -4.19. The molecule has 34 heavy (non-hydrogen) atoms. The molecule has 170 valence electrons. The molecule has 2 N–H and O–H groups in total. The summed E-state index contributed by atoms with van der Waals surface area (Å²) in [4.78, 5) is 16.0. The van der Waals surface area contributed by atoms with E-state index in [9.17, 15) is 9.18 Å². The Balaban J connectivity index is 1.56. The molecule has 0 saturated carbocycles. The molecule has 0 spiro atoms. The van der Waals surface area contributed by atoms with E-state index in [1.165, 1.54) is 17.7 Å². The predicted molar refractivity (Wildman–Crippen MR) is 135 cm³/mol. The molecule has 6 heteroatoms. The molecule has 0 unspecified atom stereocenters. The number of H-pyrrole nitrogens is 1. The summed E-state index contributed by atoms with van der Waals surface area (Å²) in [5.41, 5.74) is 5.50. The summed E-state index contributed by atoms with van der Waals surface area (Å²) < 4.78 is 15.3. The van der Waals surface area contributed by atoms with E-state index in [0.29, 0.717) is 29.4 Å². The van der Waals surface area contributed by atoms with Crippen molar-refractivity contribution >= 4 is 16.7 Å². The number of hydrogen-bond donors (Lipinski definition) is 2. The van der Waals surface area contributed by atoms with Crippen LogP contribution in [-0.2, 0) is 6.54 Å². The van der Waals surface area contributed by atoms with Crippen LogP contribution in [0, 0.1) is 5.82 Å². The third-order valence-electron chi connectivity index (χ3n) is 5.94. The second-order valence-electron chi connectivity index (χ2n) is 8.62. The molecule has 0 saturated heterocycles. The van der Waals surface area contributed by atoms with Crippen LogP contribution in [0.4, 0.5) is 10.1 Å². The van der Waals surface area contributed by atoms with Gasteiger partial charge in [0, 0.05) is 28.7 Å². The van der Waals surface area contributed by atoms with E-state index in [1.807, 2.05) is 48.5 Å². The molecule has 0 amide bonds. The third kappa shape index (κ3) is 4.22. The van der Waals surface area contributed by atoms with Crippen LogP contribution in [0.2, 0.25) is 0 Å². The van der Waals surface area contributed by atoms with Gasteiger partial charge in [0.25, 0.3) is 5.56 Å². The minimum Gasteiger partial charge on any atom is -0.381 e. The Morgan fingerprint density at radius 3 is 2.35 bits per heavy atom. The molecule has 0 bridgehead atoms. The standard InChI is InChI=1S/C28H25FN4O/c1-18(2)19-10-14-23(15-11-19)30-17-21-16-25-26(20-8-12-22(29)13-9-20)32-33(27(25)31-28(21)34)24-6-4-3-5-7-24/h3-16,18,30H,17H2,1-2H3,(H,31,34). The number of benzene rings is 3. The lowest BCUT2D eigenvalue weighted by molar-refractivity contribution is 0.628. The number of fused-ring (bicyclic) bond motifs is 1. The predicted octanol–water partition coefficient (Wildman–Crippen LogP) is 6.26. The van der Waals surface area contributed by atoms with Crippen molar-refractivity contribution in [1.29, 1.82) is 0 Å². The topological polar surface area (TPSA) is 62.7 Å². The van der Waals surface area contributed by atoms with Gasteiger partial charge in [-0.1, -0.05) is 44.2 Å². The Kier molecular flexibility index (Phi) is 5.72. The molecule has 0 aliphatic rings. The minimum absolute atomic E-state index is 0.179. The van der Waals surface area contributed by atoms with Gasteiger partial charge in [-0.15, -0.1) is 0 Å². The van der Waals surface area contributed by atoms with Gasteiger partial charge in [-0.25, -0.2) is 9.07 Å². The molecule has 0 atom stereocenters. The number of hydrogen-bond acceptors (Lipinski definition) is 3. The molecule has 0 aliphatic heterocycles. The summed E-state index contributed by atoms with van der Waals surface area (Å²) in [5.74, 6) is 0.155. The van der Waals surface area contributed by atoms with Gasteiger partial charge in [-0.2, -0.15) is 5.10 Å². The largest absolute Gasteiger partial charge is 0.381 e. The van der Waals surface area contributed by atoms with E-state index >= 15 is 0 Å². The third-order valence-corrected chi connectivity index (χ3v) is 5.94. The van der Waals surface area contributed by atoms with E-state index in [2.05, 4.69) is 36.3 Å². The van der Waals surface area contributed by atoms with Crippen molar-refractivity contribution in [1.82, 2.24) is 14.8 Å². The van der Waals surface area contributed by atoms with Gasteiger partial charge in [-0.05, 0) is 66.1 Å². The molecule has 2 aromatic heterocycles. The molecule has 5 nitrogen and oxygen atoms in total. The highest BCUT2D eigenvalue weighted by molar-refractivity contribution is 5.92. The van der Waals surface area contributed by atoms with Crippen LogP contribution in [0.3, 0.4) is 0 Å². The SMILES string of the molecule is CC(C)c1ccc(NCc2cc3c(-c4ccc(F)cc4)nn(-c4ccccc4)c3[nH]c2=O)cc1. The average Bonchev–Trinajstić information content (AvgIpc) is 3.22. The first-order valence-corrected chi connectivity index (χ1v) is 11.3. The van der Waals surface area contributed by atoms with Crippen molar-refractivity contribution in [3.8, 4) is 16.9 Å². The van der Waals surface area contributed by atoms with Crippen molar-refractivity contribution in [2.75, 3.05) is 5.32 Å². The van der Waals surface area contributed by atoms with Crippen LogP contribution in [0.1, 0.15) is 30.9 Å². The number of nitrogens with one attached hydrogen (secondary N) is 2. The number of nitrogens with zero attached hydrogens (tertiary/aromatic N) is 2. The highest BCUT2D eigenvalue weighted by atomic mass is 19.1. The average molecular weight is 453 g/mol. The monoisotopic (exact) mass is 452 g/mol. The molecular weight excluding hydrogens is 427 g/mol. The van der Waals surface area contributed by atoms with Gasteiger partial charge in [0.05, 0.1) is 5.69 Å². The van der Waals surface area contributed by atoms with Crippen LogP contribution in [-0.4, -0.2) is 14.8 Å². The van der Waals surface area contributed by atoms with E-state index in [0.717, 1.165) is 22.3 Å². The Morgan fingerprint density at radius 1 is 0.971 bits per heavy atom. The first kappa shape index (κ1) is 21.6. The molecule has 0 radical (unpaired) electrons. The number of aromatic nitrogens is 3. The van der Waals surface area contributed by atoms with E-state index in [4.69, 9.17) is 5.10 Å². The summed E-state index contributed by atoms with van der Waals surface area (Å²) >= 11 is 0. The zero-order valence-corrected chi connectivity index (χ0v) is 19.0. The van der Waals surface area contributed by atoms with Crippen molar-refractivity contribution in [2.24, 2.45) is 0 Å². The van der Waals surface area contributed by atoms with Crippen LogP contribution in [0.25, 0.3) is 28.0 Å². The Labute approximate surface area is 196 Å². The summed E-state index contributed by atoms with van der Waals surface area (Å²) in [7, 11) is 0. The molecule has 3 aromatic carbocycles. The zero-order chi connectivity index (χ0) is 23.7. The van der Waals surface area contributed by atoms with Crippen LogP contribution >= 0.6 is 0 Å². The number of anilines is 1. The molecular formula is C28H25FN4O. The maximum Gasteiger partial charge on any atom is 0.254 e. The smallest absolute Gasteiger partial charge is 0.254 e. The first-order chi connectivity index (χ1) is 16.5. The van der Waals surface area contributed by atoms with E-state index < -0.39 is 0 Å². The minimum atomic E-state index is -0.308. The maximum atomic E-state index is 13.6. The second-order valence-corrected chi connectivity index (χ2v) is 8.62.